The SMILES string of the molecule is CCN(CCCS(=O)(=O)Cl)C1CCCC1. The van der Waals surface area contributed by atoms with E-state index in [9.17, 15) is 8.42 Å². The Morgan fingerprint density at radius 2 is 1.93 bits per heavy atom. The van der Waals surface area contributed by atoms with Crippen LogP contribution in [0.25, 0.3) is 0 Å². The van der Waals surface area contributed by atoms with Crippen LogP contribution < -0.4 is 0 Å². The van der Waals surface area contributed by atoms with Crippen LogP contribution in [0.3, 0.4) is 0 Å². The Labute approximate surface area is 97.2 Å². The van der Waals surface area contributed by atoms with Crippen molar-refractivity contribution in [2.45, 2.75) is 45.1 Å². The molecule has 0 N–H and O–H groups in total. The standard InChI is InChI=1S/C10H20ClNO2S/c1-2-12(10-6-3-4-7-10)8-5-9-15(11,13)14/h10H,2-9H2,1H3. The fraction of sp³-hybridized carbons (Fsp3) is 1.00. The maximum Gasteiger partial charge on any atom is 0.232 e. The first-order chi connectivity index (χ1) is 7.03. The van der Waals surface area contributed by atoms with E-state index in [2.05, 4.69) is 11.8 Å². The first kappa shape index (κ1) is 13.3. The van der Waals surface area contributed by atoms with Gasteiger partial charge in [-0.15, -0.1) is 0 Å². The summed E-state index contributed by atoms with van der Waals surface area (Å²) in [5.41, 5.74) is 0. The van der Waals surface area contributed by atoms with E-state index in [1.807, 2.05) is 0 Å². The molecule has 3 nitrogen and oxygen atoms in total. The number of halogens is 1. The molecule has 1 rings (SSSR count). The number of hydrogen-bond donors (Lipinski definition) is 0. The van der Waals surface area contributed by atoms with Gasteiger partial charge < -0.3 is 4.90 Å². The summed E-state index contributed by atoms with van der Waals surface area (Å²) in [7, 11) is 1.87. The lowest BCUT2D eigenvalue weighted by Crippen LogP contribution is -2.34. The van der Waals surface area contributed by atoms with Gasteiger partial charge in [-0.2, -0.15) is 0 Å². The summed E-state index contributed by atoms with van der Waals surface area (Å²) >= 11 is 0. The first-order valence-electron chi connectivity index (χ1n) is 5.69. The van der Waals surface area contributed by atoms with Crippen molar-refractivity contribution in [3.63, 3.8) is 0 Å². The van der Waals surface area contributed by atoms with Gasteiger partial charge >= 0.3 is 0 Å². The highest BCUT2D eigenvalue weighted by Gasteiger charge is 2.21. The van der Waals surface area contributed by atoms with Gasteiger partial charge in [0.25, 0.3) is 0 Å². The van der Waals surface area contributed by atoms with Gasteiger partial charge in [-0.1, -0.05) is 19.8 Å². The van der Waals surface area contributed by atoms with Crippen LogP contribution in [0.4, 0.5) is 0 Å². The van der Waals surface area contributed by atoms with Gasteiger partial charge in [-0.25, -0.2) is 8.42 Å². The van der Waals surface area contributed by atoms with Gasteiger partial charge in [0.1, 0.15) is 0 Å². The van der Waals surface area contributed by atoms with Gasteiger partial charge in [0, 0.05) is 16.7 Å². The molecule has 0 aromatic heterocycles. The molecule has 1 saturated carbocycles. The second-order valence-electron chi connectivity index (χ2n) is 4.16. The number of nitrogens with zero attached hydrogens (tertiary/aromatic N) is 1. The average Bonchev–Trinajstić information content (AvgIpc) is 2.63. The topological polar surface area (TPSA) is 37.4 Å². The van der Waals surface area contributed by atoms with Crippen molar-refractivity contribution in [3.8, 4) is 0 Å². The van der Waals surface area contributed by atoms with Crippen molar-refractivity contribution in [3.05, 3.63) is 0 Å². The third kappa shape index (κ3) is 5.18. The molecular formula is C10H20ClNO2S. The lowest BCUT2D eigenvalue weighted by Gasteiger charge is -2.27. The molecule has 5 heteroatoms. The van der Waals surface area contributed by atoms with Crippen molar-refractivity contribution in [1.29, 1.82) is 0 Å². The molecule has 0 heterocycles. The van der Waals surface area contributed by atoms with E-state index in [4.69, 9.17) is 10.7 Å². The highest BCUT2D eigenvalue weighted by Crippen LogP contribution is 2.23. The van der Waals surface area contributed by atoms with Crippen LogP contribution in [-0.2, 0) is 9.05 Å². The molecule has 1 aliphatic carbocycles. The van der Waals surface area contributed by atoms with Crippen molar-refractivity contribution >= 4 is 19.7 Å². The molecule has 0 aromatic carbocycles. The summed E-state index contributed by atoms with van der Waals surface area (Å²) in [6.45, 7) is 3.99. The second-order valence-corrected chi connectivity index (χ2v) is 7.06. The summed E-state index contributed by atoms with van der Waals surface area (Å²) in [6, 6.07) is 0.674. The Balaban J connectivity index is 2.27. The fourth-order valence-electron chi connectivity index (χ4n) is 2.31. The Hall–Kier alpha value is 0.200. The molecule has 1 fully saturated rings. The predicted octanol–water partition coefficient (Wildman–Crippen LogP) is 2.21. The predicted molar refractivity (Wildman–Crippen MR) is 63.8 cm³/mol. The monoisotopic (exact) mass is 253 g/mol. The van der Waals surface area contributed by atoms with Crippen LogP contribution in [0.2, 0.25) is 0 Å². The van der Waals surface area contributed by atoms with E-state index < -0.39 is 9.05 Å². The van der Waals surface area contributed by atoms with Crippen LogP contribution in [0, 0.1) is 0 Å². The molecular weight excluding hydrogens is 234 g/mol. The minimum atomic E-state index is -3.31. The zero-order chi connectivity index (χ0) is 11.3. The van der Waals surface area contributed by atoms with Gasteiger partial charge in [0.2, 0.25) is 9.05 Å². The molecule has 0 aliphatic heterocycles. The van der Waals surface area contributed by atoms with E-state index in [0.717, 1.165) is 13.1 Å². The van der Waals surface area contributed by atoms with Crippen LogP contribution in [-0.4, -0.2) is 38.2 Å². The minimum absolute atomic E-state index is 0.0950. The molecule has 15 heavy (non-hydrogen) atoms. The molecule has 1 aliphatic rings. The van der Waals surface area contributed by atoms with E-state index in [0.29, 0.717) is 12.5 Å². The maximum absolute atomic E-state index is 10.8. The average molecular weight is 254 g/mol. The van der Waals surface area contributed by atoms with Crippen molar-refractivity contribution < 1.29 is 8.42 Å². The van der Waals surface area contributed by atoms with Crippen LogP contribution >= 0.6 is 10.7 Å². The molecule has 0 atom stereocenters. The zero-order valence-electron chi connectivity index (χ0n) is 9.28. The smallest absolute Gasteiger partial charge is 0.232 e. The fourth-order valence-corrected chi connectivity index (χ4v) is 3.11. The van der Waals surface area contributed by atoms with Crippen LogP contribution in [0.15, 0.2) is 0 Å². The molecule has 0 aromatic rings. The third-order valence-electron chi connectivity index (χ3n) is 3.08. The summed E-state index contributed by atoms with van der Waals surface area (Å²) in [5, 5.41) is 0. The maximum atomic E-state index is 10.8. The van der Waals surface area contributed by atoms with E-state index in [1.54, 1.807) is 0 Å². The van der Waals surface area contributed by atoms with Crippen molar-refractivity contribution in [2.75, 3.05) is 18.8 Å². The molecule has 90 valence electrons. The number of hydrogen-bond acceptors (Lipinski definition) is 3. The summed E-state index contributed by atoms with van der Waals surface area (Å²) in [6.07, 6.45) is 5.81. The molecule has 0 spiro atoms. The van der Waals surface area contributed by atoms with Crippen LogP contribution in [0.1, 0.15) is 39.0 Å². The van der Waals surface area contributed by atoms with Gasteiger partial charge in [0.05, 0.1) is 5.75 Å². The first-order valence-corrected chi connectivity index (χ1v) is 8.17. The van der Waals surface area contributed by atoms with Gasteiger partial charge in [-0.05, 0) is 32.4 Å². The summed E-state index contributed by atoms with van der Waals surface area (Å²) in [5.74, 6) is 0.0950. The Morgan fingerprint density at radius 3 is 2.40 bits per heavy atom. The zero-order valence-corrected chi connectivity index (χ0v) is 10.9. The second kappa shape index (κ2) is 6.06. The minimum Gasteiger partial charge on any atom is -0.301 e. The van der Waals surface area contributed by atoms with E-state index in [-0.39, 0.29) is 5.75 Å². The van der Waals surface area contributed by atoms with Crippen LogP contribution in [0.5, 0.6) is 0 Å². The molecule has 0 bridgehead atoms. The Morgan fingerprint density at radius 1 is 1.33 bits per heavy atom. The van der Waals surface area contributed by atoms with E-state index in [1.165, 1.54) is 25.7 Å². The summed E-state index contributed by atoms with van der Waals surface area (Å²) in [4.78, 5) is 2.38. The Kier molecular flexibility index (Phi) is 5.36. The number of rotatable bonds is 6. The van der Waals surface area contributed by atoms with Gasteiger partial charge in [0.15, 0.2) is 0 Å². The highest BCUT2D eigenvalue weighted by molar-refractivity contribution is 8.13. The lowest BCUT2D eigenvalue weighted by atomic mass is 10.2. The molecule has 0 amide bonds. The molecule has 0 saturated heterocycles. The van der Waals surface area contributed by atoms with E-state index >= 15 is 0 Å². The molecule has 0 radical (unpaired) electrons. The van der Waals surface area contributed by atoms with Crippen molar-refractivity contribution in [2.24, 2.45) is 0 Å². The highest BCUT2D eigenvalue weighted by atomic mass is 35.7. The lowest BCUT2D eigenvalue weighted by molar-refractivity contribution is 0.210. The Bertz CT molecular complexity index is 273. The largest absolute Gasteiger partial charge is 0.301 e. The van der Waals surface area contributed by atoms with Gasteiger partial charge in [-0.3, -0.25) is 0 Å². The normalized spacial score (nSPS) is 18.9. The quantitative estimate of drug-likeness (QED) is 0.681. The van der Waals surface area contributed by atoms with Crippen molar-refractivity contribution in [1.82, 2.24) is 4.90 Å². The molecule has 0 unspecified atom stereocenters. The third-order valence-corrected chi connectivity index (χ3v) is 4.32. The summed E-state index contributed by atoms with van der Waals surface area (Å²) < 4.78 is 21.5.